The number of hydrogen-bond acceptors (Lipinski definition) is 4. The molecule has 0 amide bonds. The first-order chi connectivity index (χ1) is 9.65. The van der Waals surface area contributed by atoms with Gasteiger partial charge >= 0.3 is 0 Å². The fourth-order valence-corrected chi connectivity index (χ4v) is 3.15. The molecule has 0 fully saturated rings. The minimum Gasteiger partial charge on any atom is -0.267 e. The molecule has 0 unspecified atom stereocenters. The van der Waals surface area contributed by atoms with Crippen molar-refractivity contribution in [2.24, 2.45) is 4.99 Å². The van der Waals surface area contributed by atoms with E-state index in [-0.39, 0.29) is 11.1 Å². The van der Waals surface area contributed by atoms with Crippen LogP contribution in [0.25, 0.3) is 10.8 Å². The van der Waals surface area contributed by atoms with Gasteiger partial charge in [0.25, 0.3) is 11.1 Å². The Bertz CT molecular complexity index is 923. The number of nitrogens with one attached hydrogen (secondary N) is 2. The lowest BCUT2D eigenvalue weighted by molar-refractivity contribution is 0.976. The van der Waals surface area contributed by atoms with Gasteiger partial charge in [0.05, 0.1) is 20.2 Å². The van der Waals surface area contributed by atoms with Crippen LogP contribution in [0.2, 0.25) is 0 Å². The summed E-state index contributed by atoms with van der Waals surface area (Å²) < 4.78 is 1.01. The molecule has 7 heteroatoms. The van der Waals surface area contributed by atoms with Gasteiger partial charge in [0.2, 0.25) is 0 Å². The molecule has 3 aromatic rings. The van der Waals surface area contributed by atoms with Crippen LogP contribution in [-0.4, -0.2) is 16.4 Å². The van der Waals surface area contributed by atoms with Crippen molar-refractivity contribution in [1.82, 2.24) is 10.2 Å². The maximum absolute atomic E-state index is 11.9. The number of aromatic amines is 2. The van der Waals surface area contributed by atoms with E-state index in [1.165, 1.54) is 11.3 Å². The molecule has 0 aliphatic carbocycles. The molecular formula is C13H8BrN3O2S. The Labute approximate surface area is 125 Å². The van der Waals surface area contributed by atoms with E-state index in [4.69, 9.17) is 0 Å². The van der Waals surface area contributed by atoms with Crippen LogP contribution in [0.15, 0.2) is 48.7 Å². The molecular weight excluding hydrogens is 342 g/mol. The number of aliphatic imine (C=N–C) groups is 1. The molecule has 0 aliphatic heterocycles. The van der Waals surface area contributed by atoms with Gasteiger partial charge in [-0.2, -0.15) is 0 Å². The number of nitrogens with zero attached hydrogens (tertiary/aromatic N) is 1. The molecule has 2 heterocycles. The van der Waals surface area contributed by atoms with Crippen molar-refractivity contribution in [2.45, 2.75) is 0 Å². The van der Waals surface area contributed by atoms with Crippen molar-refractivity contribution in [3.05, 3.63) is 59.7 Å². The Morgan fingerprint density at radius 3 is 2.65 bits per heavy atom. The minimum atomic E-state index is -0.361. The van der Waals surface area contributed by atoms with Crippen LogP contribution in [0.3, 0.4) is 0 Å². The summed E-state index contributed by atoms with van der Waals surface area (Å²) in [6.45, 7) is 0. The molecule has 0 bridgehead atoms. The molecule has 100 valence electrons. The van der Waals surface area contributed by atoms with Crippen molar-refractivity contribution in [1.29, 1.82) is 0 Å². The number of fused-ring (bicyclic) bond motifs is 1. The molecule has 0 saturated heterocycles. The number of thiophene rings is 1. The van der Waals surface area contributed by atoms with Crippen LogP contribution < -0.4 is 11.1 Å². The molecule has 0 spiro atoms. The monoisotopic (exact) mass is 349 g/mol. The lowest BCUT2D eigenvalue weighted by Gasteiger charge is -1.99. The number of halogens is 1. The standard InChI is InChI=1S/C13H8BrN3O2S/c14-10-5-4-7(20-10)6-15-9-3-1-2-8-11(9)13(19)17-16-12(8)18/h1-6H,(H,16,18)(H,17,19). The predicted octanol–water partition coefficient (Wildman–Crippen LogP) is 2.79. The fourth-order valence-electron chi connectivity index (χ4n) is 1.85. The average Bonchev–Trinajstić information content (AvgIpc) is 2.86. The van der Waals surface area contributed by atoms with Gasteiger partial charge in [-0.15, -0.1) is 11.3 Å². The third-order valence-electron chi connectivity index (χ3n) is 2.73. The lowest BCUT2D eigenvalue weighted by atomic mass is 10.1. The number of aromatic nitrogens is 2. The zero-order valence-electron chi connectivity index (χ0n) is 10.0. The maximum atomic E-state index is 11.9. The second kappa shape index (κ2) is 5.18. The fraction of sp³-hybridized carbons (Fsp3) is 0. The number of benzene rings is 1. The number of rotatable bonds is 2. The number of H-pyrrole nitrogens is 2. The second-order valence-electron chi connectivity index (χ2n) is 4.01. The average molecular weight is 350 g/mol. The van der Waals surface area contributed by atoms with E-state index in [1.54, 1.807) is 24.4 Å². The van der Waals surface area contributed by atoms with Crippen molar-refractivity contribution in [3.63, 3.8) is 0 Å². The van der Waals surface area contributed by atoms with E-state index >= 15 is 0 Å². The van der Waals surface area contributed by atoms with Crippen LogP contribution in [0.1, 0.15) is 4.88 Å². The van der Waals surface area contributed by atoms with Crippen LogP contribution in [0.5, 0.6) is 0 Å². The summed E-state index contributed by atoms with van der Waals surface area (Å²) >= 11 is 4.91. The first-order valence-electron chi connectivity index (χ1n) is 5.68. The molecule has 0 aliphatic rings. The highest BCUT2D eigenvalue weighted by Gasteiger charge is 2.06. The largest absolute Gasteiger partial charge is 0.272 e. The zero-order valence-corrected chi connectivity index (χ0v) is 12.4. The van der Waals surface area contributed by atoms with Gasteiger partial charge in [0.15, 0.2) is 0 Å². The summed E-state index contributed by atoms with van der Waals surface area (Å²) in [7, 11) is 0. The van der Waals surface area contributed by atoms with Gasteiger partial charge in [-0.3, -0.25) is 24.8 Å². The summed E-state index contributed by atoms with van der Waals surface area (Å²) in [5.74, 6) is 0. The van der Waals surface area contributed by atoms with Crippen molar-refractivity contribution >= 4 is 49.9 Å². The third-order valence-corrected chi connectivity index (χ3v) is 4.29. The van der Waals surface area contributed by atoms with Gasteiger partial charge in [0, 0.05) is 11.1 Å². The lowest BCUT2D eigenvalue weighted by Crippen LogP contribution is -2.18. The summed E-state index contributed by atoms with van der Waals surface area (Å²) in [5.41, 5.74) is -0.227. The Hall–Kier alpha value is -1.99. The Morgan fingerprint density at radius 2 is 1.90 bits per heavy atom. The molecule has 20 heavy (non-hydrogen) atoms. The zero-order chi connectivity index (χ0) is 14.1. The molecule has 1 aromatic carbocycles. The summed E-state index contributed by atoms with van der Waals surface area (Å²) in [4.78, 5) is 28.8. The molecule has 0 saturated carbocycles. The van der Waals surface area contributed by atoms with E-state index in [9.17, 15) is 9.59 Å². The van der Waals surface area contributed by atoms with Gasteiger partial charge in [-0.05, 0) is 40.2 Å². The third kappa shape index (κ3) is 2.37. The highest BCUT2D eigenvalue weighted by Crippen LogP contribution is 2.23. The van der Waals surface area contributed by atoms with Crippen molar-refractivity contribution in [3.8, 4) is 0 Å². The highest BCUT2D eigenvalue weighted by molar-refractivity contribution is 9.11. The Balaban J connectivity index is 2.17. The van der Waals surface area contributed by atoms with Gasteiger partial charge in [-0.1, -0.05) is 6.07 Å². The van der Waals surface area contributed by atoms with E-state index < -0.39 is 0 Å². The Kier molecular flexibility index (Phi) is 3.37. The molecule has 2 N–H and O–H groups in total. The van der Waals surface area contributed by atoms with E-state index in [2.05, 4.69) is 31.1 Å². The van der Waals surface area contributed by atoms with Gasteiger partial charge < -0.3 is 0 Å². The molecule has 5 nitrogen and oxygen atoms in total. The van der Waals surface area contributed by atoms with Crippen LogP contribution in [0.4, 0.5) is 5.69 Å². The van der Waals surface area contributed by atoms with Crippen LogP contribution in [-0.2, 0) is 0 Å². The SMILES string of the molecule is O=c1[nH][nH]c(=O)c2c(N=Cc3ccc(Br)s3)cccc12. The van der Waals surface area contributed by atoms with Gasteiger partial charge in [0.1, 0.15) is 0 Å². The topological polar surface area (TPSA) is 78.1 Å². The number of hydrogen-bond donors (Lipinski definition) is 2. The van der Waals surface area contributed by atoms with E-state index in [0.29, 0.717) is 16.5 Å². The Morgan fingerprint density at radius 1 is 1.10 bits per heavy atom. The van der Waals surface area contributed by atoms with Crippen LogP contribution in [0, 0.1) is 0 Å². The van der Waals surface area contributed by atoms with E-state index in [1.807, 2.05) is 12.1 Å². The molecule has 0 radical (unpaired) electrons. The van der Waals surface area contributed by atoms with Crippen LogP contribution >= 0.6 is 27.3 Å². The summed E-state index contributed by atoms with van der Waals surface area (Å²) in [6.07, 6.45) is 1.67. The van der Waals surface area contributed by atoms with Crippen molar-refractivity contribution in [2.75, 3.05) is 0 Å². The molecule has 3 rings (SSSR count). The maximum Gasteiger partial charge on any atom is 0.272 e. The first-order valence-corrected chi connectivity index (χ1v) is 7.29. The smallest absolute Gasteiger partial charge is 0.267 e. The predicted molar refractivity (Wildman–Crippen MR) is 84.5 cm³/mol. The van der Waals surface area contributed by atoms with Gasteiger partial charge in [-0.25, -0.2) is 0 Å². The second-order valence-corrected chi connectivity index (χ2v) is 6.50. The quantitative estimate of drug-likeness (QED) is 0.697. The minimum absolute atomic E-state index is 0.295. The molecule has 0 atom stereocenters. The summed E-state index contributed by atoms with van der Waals surface area (Å²) in [6, 6.07) is 8.85. The summed E-state index contributed by atoms with van der Waals surface area (Å²) in [5, 5.41) is 5.24. The molecule has 2 aromatic heterocycles. The highest BCUT2D eigenvalue weighted by atomic mass is 79.9. The van der Waals surface area contributed by atoms with E-state index in [0.717, 1.165) is 8.66 Å². The van der Waals surface area contributed by atoms with Crippen molar-refractivity contribution < 1.29 is 0 Å². The first kappa shape index (κ1) is 13.0. The normalized spacial score (nSPS) is 11.4.